The van der Waals surface area contributed by atoms with Crippen LogP contribution < -0.4 is 5.73 Å². The number of nitrogens with two attached hydrogens (primary N) is 1. The molecule has 0 heterocycles. The van der Waals surface area contributed by atoms with Crippen molar-refractivity contribution in [2.75, 3.05) is 19.8 Å². The molecule has 0 spiro atoms. The van der Waals surface area contributed by atoms with Crippen molar-refractivity contribution in [3.05, 3.63) is 12.7 Å². The molecule has 0 aliphatic carbocycles. The van der Waals surface area contributed by atoms with E-state index in [2.05, 4.69) is 16.1 Å². The molecule has 0 saturated heterocycles. The first kappa shape index (κ1) is 25.5. The van der Waals surface area contributed by atoms with E-state index in [0.29, 0.717) is 0 Å². The van der Waals surface area contributed by atoms with Crippen molar-refractivity contribution in [1.29, 1.82) is 0 Å². The third kappa shape index (κ3) is 11.2. The van der Waals surface area contributed by atoms with Crippen LogP contribution in [0.1, 0.15) is 6.42 Å². The average Bonchev–Trinajstić information content (AvgIpc) is 2.28. The van der Waals surface area contributed by atoms with Crippen molar-refractivity contribution < 1.29 is 32.0 Å². The summed E-state index contributed by atoms with van der Waals surface area (Å²) in [6.07, 6.45) is 0.434. The van der Waals surface area contributed by atoms with E-state index >= 15 is 0 Å². The maximum atomic E-state index is 11.3. The van der Waals surface area contributed by atoms with Crippen molar-refractivity contribution >= 4 is 81.2 Å². The van der Waals surface area contributed by atoms with Crippen LogP contribution in [-0.2, 0) is 29.2 Å². The first-order valence-electron chi connectivity index (χ1n) is 4.92. The Hall–Kier alpha value is 0.550. The SMILES string of the molecule is C=CCOC(=O)CC(C(=O)OCCN)S(=O)(=O)O.[NaH].[NaH]. The van der Waals surface area contributed by atoms with E-state index in [-0.39, 0.29) is 78.9 Å². The van der Waals surface area contributed by atoms with Gasteiger partial charge in [0.05, 0.1) is 6.42 Å². The Balaban J connectivity index is -0.00000144. The van der Waals surface area contributed by atoms with Gasteiger partial charge in [-0.15, -0.1) is 0 Å². The molecule has 1 atom stereocenters. The van der Waals surface area contributed by atoms with Crippen molar-refractivity contribution in [3.8, 4) is 0 Å². The predicted octanol–water partition coefficient (Wildman–Crippen LogP) is -2.43. The zero-order valence-corrected chi connectivity index (χ0v) is 10.4. The van der Waals surface area contributed by atoms with Crippen LogP contribution in [0.25, 0.3) is 0 Å². The molecule has 20 heavy (non-hydrogen) atoms. The summed E-state index contributed by atoms with van der Waals surface area (Å²) in [6.45, 7) is 2.93. The van der Waals surface area contributed by atoms with Crippen LogP contribution in [0, 0.1) is 0 Å². The van der Waals surface area contributed by atoms with Crippen LogP contribution in [0.2, 0.25) is 0 Å². The predicted molar refractivity (Wildman–Crippen MR) is 75.4 cm³/mol. The van der Waals surface area contributed by atoms with Gasteiger partial charge in [0.15, 0.2) is 5.25 Å². The van der Waals surface area contributed by atoms with Crippen LogP contribution in [0.15, 0.2) is 12.7 Å². The van der Waals surface area contributed by atoms with E-state index in [0.717, 1.165) is 0 Å². The number of hydrogen-bond donors (Lipinski definition) is 2. The topological polar surface area (TPSA) is 133 Å². The Morgan fingerprint density at radius 3 is 2.25 bits per heavy atom. The zero-order valence-electron chi connectivity index (χ0n) is 9.57. The number of hydrogen-bond acceptors (Lipinski definition) is 7. The normalized spacial score (nSPS) is 11.3. The molecule has 0 radical (unpaired) electrons. The molecule has 0 aromatic carbocycles. The van der Waals surface area contributed by atoms with Crippen LogP contribution >= 0.6 is 0 Å². The Morgan fingerprint density at radius 2 is 1.85 bits per heavy atom. The van der Waals surface area contributed by atoms with E-state index in [1.54, 1.807) is 0 Å². The Morgan fingerprint density at radius 1 is 1.30 bits per heavy atom. The zero-order chi connectivity index (χ0) is 14.2. The van der Waals surface area contributed by atoms with Crippen molar-refractivity contribution in [2.45, 2.75) is 11.7 Å². The molecular weight excluding hydrogens is 312 g/mol. The summed E-state index contributed by atoms with van der Waals surface area (Å²) in [5.41, 5.74) is 5.06. The molecule has 0 aliphatic heterocycles. The van der Waals surface area contributed by atoms with Crippen molar-refractivity contribution in [3.63, 3.8) is 0 Å². The molecule has 11 heteroatoms. The first-order valence-corrected chi connectivity index (χ1v) is 6.42. The Labute approximate surface area is 161 Å². The molecule has 0 aliphatic rings. The van der Waals surface area contributed by atoms with Crippen molar-refractivity contribution in [1.82, 2.24) is 0 Å². The van der Waals surface area contributed by atoms with Gasteiger partial charge < -0.3 is 15.2 Å². The van der Waals surface area contributed by atoms with Crippen LogP contribution in [0.5, 0.6) is 0 Å². The fraction of sp³-hybridized carbons (Fsp3) is 0.556. The van der Waals surface area contributed by atoms with E-state index in [9.17, 15) is 18.0 Å². The Kier molecular flexibility index (Phi) is 16.9. The van der Waals surface area contributed by atoms with E-state index in [1.807, 2.05) is 0 Å². The van der Waals surface area contributed by atoms with Gasteiger partial charge in [0.1, 0.15) is 13.2 Å². The van der Waals surface area contributed by atoms with Crippen LogP contribution in [0.4, 0.5) is 0 Å². The van der Waals surface area contributed by atoms with E-state index in [1.165, 1.54) is 6.08 Å². The van der Waals surface area contributed by atoms with Crippen LogP contribution in [-0.4, -0.2) is 109 Å². The fourth-order valence-electron chi connectivity index (χ4n) is 0.925. The molecule has 0 amide bonds. The van der Waals surface area contributed by atoms with Gasteiger partial charge in [-0.3, -0.25) is 14.1 Å². The van der Waals surface area contributed by atoms with Gasteiger partial charge >= 0.3 is 71.1 Å². The van der Waals surface area contributed by atoms with Gasteiger partial charge in [0.25, 0.3) is 10.1 Å². The van der Waals surface area contributed by atoms with Gasteiger partial charge in [-0.25, -0.2) is 0 Å². The molecule has 3 N–H and O–H groups in total. The third-order valence-corrected chi connectivity index (χ3v) is 2.78. The number of rotatable bonds is 8. The molecule has 0 fully saturated rings. The number of ether oxygens (including phenoxy) is 2. The first-order chi connectivity index (χ1) is 8.32. The number of esters is 2. The summed E-state index contributed by atoms with van der Waals surface area (Å²) in [6, 6.07) is 0. The van der Waals surface area contributed by atoms with E-state index < -0.39 is 33.7 Å². The molecule has 0 rings (SSSR count). The monoisotopic (exact) mass is 329 g/mol. The van der Waals surface area contributed by atoms with Gasteiger partial charge in [0.2, 0.25) is 0 Å². The van der Waals surface area contributed by atoms with Gasteiger partial charge in [0, 0.05) is 6.54 Å². The second kappa shape index (κ2) is 13.2. The summed E-state index contributed by atoms with van der Waals surface area (Å²) in [5, 5.41) is -2.01. The van der Waals surface area contributed by atoms with Gasteiger partial charge in [-0.2, -0.15) is 8.42 Å². The van der Waals surface area contributed by atoms with E-state index in [4.69, 9.17) is 10.3 Å². The maximum absolute atomic E-state index is 11.3. The Bertz CT molecular complexity index is 413. The van der Waals surface area contributed by atoms with Crippen molar-refractivity contribution in [2.24, 2.45) is 5.73 Å². The molecule has 0 aromatic rings. The molecular formula is C9H17NNa2O7S. The summed E-state index contributed by atoms with van der Waals surface area (Å²) < 4.78 is 39.7. The standard InChI is InChI=1S/C9H15NO7S.2Na.2H/c1-2-4-16-8(11)6-7(18(13,14)15)9(12)17-5-3-10;;;;/h2,7H,1,3-6,10H2,(H,13,14,15);;;;. The van der Waals surface area contributed by atoms with Gasteiger partial charge in [-0.1, -0.05) is 12.7 Å². The number of carbonyl (C=O) groups excluding carboxylic acids is 2. The minimum absolute atomic E-state index is 0. The molecule has 0 bridgehead atoms. The molecule has 1 unspecified atom stereocenters. The van der Waals surface area contributed by atoms with Gasteiger partial charge in [-0.05, 0) is 0 Å². The molecule has 108 valence electrons. The number of carbonyl (C=O) groups is 2. The molecule has 0 aromatic heterocycles. The summed E-state index contributed by atoms with van der Waals surface area (Å²) in [4.78, 5) is 22.5. The molecule has 8 nitrogen and oxygen atoms in total. The quantitative estimate of drug-likeness (QED) is 0.217. The van der Waals surface area contributed by atoms with Crippen LogP contribution in [0.3, 0.4) is 0 Å². The second-order valence-electron chi connectivity index (χ2n) is 3.14. The second-order valence-corrected chi connectivity index (χ2v) is 4.73. The summed E-state index contributed by atoms with van der Waals surface area (Å²) in [7, 11) is -4.76. The fourth-order valence-corrected chi connectivity index (χ4v) is 1.58. The summed E-state index contributed by atoms with van der Waals surface area (Å²) >= 11 is 0. The molecule has 0 saturated carbocycles. The minimum atomic E-state index is -4.76. The third-order valence-electron chi connectivity index (χ3n) is 1.70. The summed E-state index contributed by atoms with van der Waals surface area (Å²) in [5.74, 6) is -2.22. The average molecular weight is 329 g/mol.